The van der Waals surface area contributed by atoms with Crippen LogP contribution in [-0.4, -0.2) is 65.3 Å². The third-order valence-corrected chi connectivity index (χ3v) is 3.23. The zero-order valence-electron chi connectivity index (χ0n) is 11.1. The first-order chi connectivity index (χ1) is 8.66. The van der Waals surface area contributed by atoms with E-state index in [4.69, 9.17) is 0 Å². The van der Waals surface area contributed by atoms with Crippen molar-refractivity contribution in [1.82, 2.24) is 24.9 Å². The molecule has 0 bridgehead atoms. The highest BCUT2D eigenvalue weighted by atomic mass is 16.2. The number of aryl methyl sites for hydroxylation is 1. The SMILES string of the molecule is CN(CC(=O)N1CCNCC1)Cc1ccnn1C. The lowest BCUT2D eigenvalue weighted by Gasteiger charge is -2.29. The van der Waals surface area contributed by atoms with Crippen LogP contribution in [0.25, 0.3) is 0 Å². The highest BCUT2D eigenvalue weighted by molar-refractivity contribution is 5.78. The number of amides is 1. The second kappa shape index (κ2) is 5.97. The zero-order chi connectivity index (χ0) is 13.0. The Bertz CT molecular complexity index is 397. The molecular formula is C12H21N5O. The molecule has 0 atom stereocenters. The van der Waals surface area contributed by atoms with Crippen LogP contribution in [0.3, 0.4) is 0 Å². The van der Waals surface area contributed by atoms with Crippen molar-refractivity contribution in [1.29, 1.82) is 0 Å². The molecule has 1 N–H and O–H groups in total. The van der Waals surface area contributed by atoms with Crippen LogP contribution in [0, 0.1) is 0 Å². The zero-order valence-corrected chi connectivity index (χ0v) is 11.1. The molecule has 0 radical (unpaired) electrons. The Morgan fingerprint density at radius 1 is 1.50 bits per heavy atom. The number of nitrogens with zero attached hydrogens (tertiary/aromatic N) is 4. The largest absolute Gasteiger partial charge is 0.339 e. The topological polar surface area (TPSA) is 53.4 Å². The molecular weight excluding hydrogens is 230 g/mol. The Labute approximate surface area is 108 Å². The van der Waals surface area contributed by atoms with Crippen molar-refractivity contribution < 1.29 is 4.79 Å². The fourth-order valence-corrected chi connectivity index (χ4v) is 2.13. The number of aromatic nitrogens is 2. The highest BCUT2D eigenvalue weighted by Crippen LogP contribution is 2.02. The molecule has 0 spiro atoms. The van der Waals surface area contributed by atoms with E-state index < -0.39 is 0 Å². The monoisotopic (exact) mass is 251 g/mol. The van der Waals surface area contributed by atoms with E-state index in [9.17, 15) is 4.79 Å². The minimum absolute atomic E-state index is 0.209. The molecule has 6 nitrogen and oxygen atoms in total. The lowest BCUT2D eigenvalue weighted by atomic mass is 10.3. The molecule has 1 saturated heterocycles. The summed E-state index contributed by atoms with van der Waals surface area (Å²) in [6, 6.07) is 1.98. The first kappa shape index (κ1) is 13.0. The Kier molecular flexibility index (Phi) is 4.33. The first-order valence-electron chi connectivity index (χ1n) is 6.31. The Morgan fingerprint density at radius 3 is 2.83 bits per heavy atom. The van der Waals surface area contributed by atoms with Gasteiger partial charge in [0.25, 0.3) is 0 Å². The predicted octanol–water partition coefficient (Wildman–Crippen LogP) is -0.716. The van der Waals surface area contributed by atoms with Gasteiger partial charge in [0.05, 0.1) is 12.2 Å². The second-order valence-electron chi connectivity index (χ2n) is 4.75. The van der Waals surface area contributed by atoms with E-state index in [1.54, 1.807) is 6.20 Å². The summed E-state index contributed by atoms with van der Waals surface area (Å²) in [4.78, 5) is 16.0. The number of carbonyl (C=O) groups excluding carboxylic acids is 1. The molecule has 18 heavy (non-hydrogen) atoms. The Hall–Kier alpha value is -1.40. The van der Waals surface area contributed by atoms with E-state index in [2.05, 4.69) is 10.4 Å². The van der Waals surface area contributed by atoms with Crippen LogP contribution >= 0.6 is 0 Å². The van der Waals surface area contributed by atoms with E-state index in [0.29, 0.717) is 6.54 Å². The van der Waals surface area contributed by atoms with E-state index in [1.807, 2.05) is 34.6 Å². The molecule has 2 heterocycles. The first-order valence-corrected chi connectivity index (χ1v) is 6.31. The van der Waals surface area contributed by atoms with Gasteiger partial charge in [0, 0.05) is 46.0 Å². The lowest BCUT2D eigenvalue weighted by Crippen LogP contribution is -2.49. The molecule has 0 aromatic carbocycles. The van der Waals surface area contributed by atoms with Crippen LogP contribution in [0.4, 0.5) is 0 Å². The molecule has 1 amide bonds. The molecule has 1 aliphatic heterocycles. The molecule has 1 aliphatic rings. The van der Waals surface area contributed by atoms with E-state index in [-0.39, 0.29) is 5.91 Å². The summed E-state index contributed by atoms with van der Waals surface area (Å²) in [5.74, 6) is 0.209. The van der Waals surface area contributed by atoms with Gasteiger partial charge in [-0.2, -0.15) is 5.10 Å². The molecule has 2 rings (SSSR count). The fourth-order valence-electron chi connectivity index (χ4n) is 2.13. The van der Waals surface area contributed by atoms with Gasteiger partial charge in [0.2, 0.25) is 5.91 Å². The number of hydrogen-bond donors (Lipinski definition) is 1. The number of carbonyl (C=O) groups is 1. The summed E-state index contributed by atoms with van der Waals surface area (Å²) >= 11 is 0. The third-order valence-electron chi connectivity index (χ3n) is 3.23. The van der Waals surface area contributed by atoms with Crippen LogP contribution in [0.5, 0.6) is 0 Å². The van der Waals surface area contributed by atoms with Crippen molar-refractivity contribution in [2.45, 2.75) is 6.54 Å². The van der Waals surface area contributed by atoms with Gasteiger partial charge in [-0.25, -0.2) is 0 Å². The molecule has 0 aliphatic carbocycles. The average Bonchev–Trinajstić information content (AvgIpc) is 2.76. The van der Waals surface area contributed by atoms with Gasteiger partial charge in [-0.1, -0.05) is 0 Å². The Morgan fingerprint density at radius 2 is 2.22 bits per heavy atom. The standard InChI is InChI=1S/C12H21N5O/c1-15(9-11-3-4-14-16(11)2)10-12(18)17-7-5-13-6-8-17/h3-4,13H,5-10H2,1-2H3. The van der Waals surface area contributed by atoms with Gasteiger partial charge in [-0.3, -0.25) is 14.4 Å². The van der Waals surface area contributed by atoms with Gasteiger partial charge in [-0.15, -0.1) is 0 Å². The van der Waals surface area contributed by atoms with Crippen LogP contribution in [-0.2, 0) is 18.4 Å². The lowest BCUT2D eigenvalue weighted by molar-refractivity contribution is -0.132. The molecule has 1 aromatic rings. The predicted molar refractivity (Wildman–Crippen MR) is 69.0 cm³/mol. The molecule has 1 fully saturated rings. The van der Waals surface area contributed by atoms with Crippen molar-refractivity contribution in [3.05, 3.63) is 18.0 Å². The van der Waals surface area contributed by atoms with Crippen molar-refractivity contribution in [2.75, 3.05) is 39.8 Å². The van der Waals surface area contributed by atoms with Gasteiger partial charge in [-0.05, 0) is 13.1 Å². The summed E-state index contributed by atoms with van der Waals surface area (Å²) < 4.78 is 1.84. The molecule has 0 saturated carbocycles. The summed E-state index contributed by atoms with van der Waals surface area (Å²) in [5.41, 5.74) is 1.12. The minimum Gasteiger partial charge on any atom is -0.339 e. The van der Waals surface area contributed by atoms with Crippen LogP contribution in [0.1, 0.15) is 5.69 Å². The normalized spacial score (nSPS) is 16.3. The van der Waals surface area contributed by atoms with Crippen LogP contribution < -0.4 is 5.32 Å². The van der Waals surface area contributed by atoms with Crippen LogP contribution in [0.2, 0.25) is 0 Å². The summed E-state index contributed by atoms with van der Waals surface area (Å²) in [5, 5.41) is 7.37. The highest BCUT2D eigenvalue weighted by Gasteiger charge is 2.17. The minimum atomic E-state index is 0.209. The van der Waals surface area contributed by atoms with Crippen molar-refractivity contribution in [3.63, 3.8) is 0 Å². The smallest absolute Gasteiger partial charge is 0.236 e. The number of likely N-dealkylation sites (N-methyl/N-ethyl adjacent to an activating group) is 1. The second-order valence-corrected chi connectivity index (χ2v) is 4.75. The average molecular weight is 251 g/mol. The van der Waals surface area contributed by atoms with Crippen LogP contribution in [0.15, 0.2) is 12.3 Å². The summed E-state index contributed by atoms with van der Waals surface area (Å²) in [7, 11) is 3.88. The third kappa shape index (κ3) is 3.30. The quantitative estimate of drug-likeness (QED) is 0.767. The van der Waals surface area contributed by atoms with Gasteiger partial charge < -0.3 is 10.2 Å². The maximum Gasteiger partial charge on any atom is 0.236 e. The van der Waals surface area contributed by atoms with E-state index in [1.165, 1.54) is 0 Å². The maximum atomic E-state index is 12.1. The van der Waals surface area contributed by atoms with Crippen molar-refractivity contribution >= 4 is 5.91 Å². The fraction of sp³-hybridized carbons (Fsp3) is 0.667. The Balaban J connectivity index is 1.81. The van der Waals surface area contributed by atoms with Gasteiger partial charge >= 0.3 is 0 Å². The number of hydrogen-bond acceptors (Lipinski definition) is 4. The van der Waals surface area contributed by atoms with E-state index in [0.717, 1.165) is 38.4 Å². The molecule has 0 unspecified atom stereocenters. The number of nitrogens with one attached hydrogen (secondary N) is 1. The van der Waals surface area contributed by atoms with Gasteiger partial charge in [0.1, 0.15) is 0 Å². The molecule has 100 valence electrons. The van der Waals surface area contributed by atoms with Crippen molar-refractivity contribution in [3.8, 4) is 0 Å². The number of rotatable bonds is 4. The van der Waals surface area contributed by atoms with E-state index >= 15 is 0 Å². The molecule has 1 aromatic heterocycles. The summed E-state index contributed by atoms with van der Waals surface area (Å²) in [6.45, 7) is 4.64. The number of piperazine rings is 1. The van der Waals surface area contributed by atoms with Crippen molar-refractivity contribution in [2.24, 2.45) is 7.05 Å². The van der Waals surface area contributed by atoms with Gasteiger partial charge in [0.15, 0.2) is 0 Å². The molecule has 6 heteroatoms. The summed E-state index contributed by atoms with van der Waals surface area (Å²) in [6.07, 6.45) is 1.78. The maximum absolute atomic E-state index is 12.1.